The molecule has 0 aromatic carbocycles. The summed E-state index contributed by atoms with van der Waals surface area (Å²) in [5.74, 6) is 1.36. The number of aryl methyl sites for hydroxylation is 1. The largest absolute Gasteiger partial charge is 0.332 e. The van der Waals surface area contributed by atoms with Crippen molar-refractivity contribution in [2.45, 2.75) is 38.1 Å². The molecule has 1 aromatic heterocycles. The van der Waals surface area contributed by atoms with Crippen LogP contribution in [0.15, 0.2) is 6.20 Å². The molecule has 2 aliphatic rings. The van der Waals surface area contributed by atoms with Crippen molar-refractivity contribution in [2.75, 3.05) is 13.1 Å². The van der Waals surface area contributed by atoms with Crippen LogP contribution in [0.2, 0.25) is 0 Å². The van der Waals surface area contributed by atoms with E-state index in [2.05, 4.69) is 21.8 Å². The Morgan fingerprint density at radius 1 is 1.36 bits per heavy atom. The quantitative estimate of drug-likeness (QED) is 0.668. The minimum Gasteiger partial charge on any atom is -0.332 e. The first-order chi connectivity index (χ1) is 6.82. The molecule has 1 saturated heterocycles. The van der Waals surface area contributed by atoms with Crippen LogP contribution in [-0.2, 0) is 12.0 Å². The van der Waals surface area contributed by atoms with Gasteiger partial charge in [-0.2, -0.15) is 0 Å². The van der Waals surface area contributed by atoms with Crippen molar-refractivity contribution in [1.29, 1.82) is 0 Å². The van der Waals surface area contributed by atoms with E-state index in [1.807, 2.05) is 6.20 Å². The molecule has 0 amide bonds. The monoisotopic (exact) mass is 191 g/mol. The molecular formula is C11H17N3. The maximum absolute atomic E-state index is 4.61. The van der Waals surface area contributed by atoms with Crippen LogP contribution in [0.3, 0.4) is 0 Å². The second-order valence-corrected chi connectivity index (χ2v) is 4.66. The SMILES string of the molecule is Cc1cnc2n1CCC21CCNCC1. The zero-order chi connectivity index (χ0) is 9.60. The van der Waals surface area contributed by atoms with Gasteiger partial charge in [0, 0.05) is 23.9 Å². The highest BCUT2D eigenvalue weighted by molar-refractivity contribution is 5.20. The van der Waals surface area contributed by atoms with E-state index in [-0.39, 0.29) is 0 Å². The molecule has 3 heteroatoms. The average molecular weight is 191 g/mol. The van der Waals surface area contributed by atoms with Crippen molar-refractivity contribution in [3.63, 3.8) is 0 Å². The molecule has 0 aliphatic carbocycles. The second-order valence-electron chi connectivity index (χ2n) is 4.66. The van der Waals surface area contributed by atoms with Gasteiger partial charge in [0.2, 0.25) is 0 Å². The van der Waals surface area contributed by atoms with E-state index >= 15 is 0 Å². The summed E-state index contributed by atoms with van der Waals surface area (Å²) in [7, 11) is 0. The van der Waals surface area contributed by atoms with E-state index in [0.29, 0.717) is 5.41 Å². The zero-order valence-electron chi connectivity index (χ0n) is 8.71. The molecule has 14 heavy (non-hydrogen) atoms. The summed E-state index contributed by atoms with van der Waals surface area (Å²) in [5.41, 5.74) is 1.75. The fourth-order valence-electron chi connectivity index (χ4n) is 2.98. The summed E-state index contributed by atoms with van der Waals surface area (Å²) in [6.07, 6.45) is 5.86. The summed E-state index contributed by atoms with van der Waals surface area (Å²) in [6.45, 7) is 5.66. The lowest BCUT2D eigenvalue weighted by atomic mass is 9.77. The highest BCUT2D eigenvalue weighted by atomic mass is 15.1. The molecule has 1 aromatic rings. The number of nitrogens with one attached hydrogen (secondary N) is 1. The van der Waals surface area contributed by atoms with E-state index in [0.717, 1.165) is 13.1 Å². The van der Waals surface area contributed by atoms with E-state index in [4.69, 9.17) is 0 Å². The van der Waals surface area contributed by atoms with Gasteiger partial charge in [0.1, 0.15) is 5.82 Å². The van der Waals surface area contributed by atoms with E-state index in [1.165, 1.54) is 37.3 Å². The van der Waals surface area contributed by atoms with Gasteiger partial charge in [0.05, 0.1) is 0 Å². The normalized spacial score (nSPS) is 24.1. The van der Waals surface area contributed by atoms with Crippen molar-refractivity contribution >= 4 is 0 Å². The first kappa shape index (κ1) is 8.48. The molecule has 76 valence electrons. The summed E-state index contributed by atoms with van der Waals surface area (Å²) in [6, 6.07) is 0. The van der Waals surface area contributed by atoms with Crippen LogP contribution in [0.4, 0.5) is 0 Å². The van der Waals surface area contributed by atoms with Crippen molar-refractivity contribution in [2.24, 2.45) is 0 Å². The molecule has 3 heterocycles. The summed E-state index contributed by atoms with van der Waals surface area (Å²) < 4.78 is 2.41. The standard InChI is InChI=1S/C11H17N3/c1-9-8-13-10-11(4-7-14(9)10)2-5-12-6-3-11/h8,12H,2-7H2,1H3. The van der Waals surface area contributed by atoms with Gasteiger partial charge in [0.25, 0.3) is 0 Å². The molecular weight excluding hydrogens is 174 g/mol. The summed E-state index contributed by atoms with van der Waals surface area (Å²) in [5, 5.41) is 3.44. The van der Waals surface area contributed by atoms with Gasteiger partial charge < -0.3 is 9.88 Å². The Labute approximate surface area is 84.5 Å². The third-order valence-corrected chi connectivity index (χ3v) is 3.90. The van der Waals surface area contributed by atoms with Gasteiger partial charge in [0.15, 0.2) is 0 Å². The minimum atomic E-state index is 0.416. The Hall–Kier alpha value is -0.830. The molecule has 2 aliphatic heterocycles. The van der Waals surface area contributed by atoms with Crippen LogP contribution < -0.4 is 5.32 Å². The van der Waals surface area contributed by atoms with Gasteiger partial charge in [-0.05, 0) is 39.3 Å². The summed E-state index contributed by atoms with van der Waals surface area (Å²) >= 11 is 0. The van der Waals surface area contributed by atoms with Crippen LogP contribution in [0.25, 0.3) is 0 Å². The molecule has 1 N–H and O–H groups in total. The number of rotatable bonds is 0. The Morgan fingerprint density at radius 2 is 2.14 bits per heavy atom. The molecule has 0 atom stereocenters. The lowest BCUT2D eigenvalue weighted by Gasteiger charge is -2.32. The number of hydrogen-bond acceptors (Lipinski definition) is 2. The second kappa shape index (κ2) is 2.83. The first-order valence-electron chi connectivity index (χ1n) is 5.55. The molecule has 1 fully saturated rings. The van der Waals surface area contributed by atoms with Crippen molar-refractivity contribution in [3.8, 4) is 0 Å². The number of nitrogens with zero attached hydrogens (tertiary/aromatic N) is 2. The third-order valence-electron chi connectivity index (χ3n) is 3.90. The van der Waals surface area contributed by atoms with Gasteiger partial charge in [-0.3, -0.25) is 0 Å². The van der Waals surface area contributed by atoms with Crippen LogP contribution >= 0.6 is 0 Å². The van der Waals surface area contributed by atoms with E-state index in [9.17, 15) is 0 Å². The third kappa shape index (κ3) is 0.989. The predicted molar refractivity (Wildman–Crippen MR) is 55.4 cm³/mol. The Bertz CT molecular complexity index is 347. The predicted octanol–water partition coefficient (Wildman–Crippen LogP) is 1.22. The first-order valence-corrected chi connectivity index (χ1v) is 5.55. The lowest BCUT2D eigenvalue weighted by Crippen LogP contribution is -2.38. The van der Waals surface area contributed by atoms with Crippen LogP contribution in [0.1, 0.15) is 30.8 Å². The van der Waals surface area contributed by atoms with Gasteiger partial charge in [-0.1, -0.05) is 0 Å². The van der Waals surface area contributed by atoms with Crippen LogP contribution in [-0.4, -0.2) is 22.6 Å². The lowest BCUT2D eigenvalue weighted by molar-refractivity contribution is 0.300. The molecule has 0 radical (unpaired) electrons. The van der Waals surface area contributed by atoms with Crippen LogP contribution in [0, 0.1) is 6.92 Å². The van der Waals surface area contributed by atoms with Gasteiger partial charge >= 0.3 is 0 Å². The Morgan fingerprint density at radius 3 is 2.93 bits per heavy atom. The van der Waals surface area contributed by atoms with E-state index < -0.39 is 0 Å². The highest BCUT2D eigenvalue weighted by Gasteiger charge is 2.41. The van der Waals surface area contributed by atoms with Gasteiger partial charge in [-0.15, -0.1) is 0 Å². The van der Waals surface area contributed by atoms with Crippen LogP contribution in [0.5, 0.6) is 0 Å². The minimum absolute atomic E-state index is 0.416. The molecule has 0 bridgehead atoms. The van der Waals surface area contributed by atoms with Crippen molar-refractivity contribution in [3.05, 3.63) is 17.7 Å². The smallest absolute Gasteiger partial charge is 0.115 e. The van der Waals surface area contributed by atoms with Crippen molar-refractivity contribution < 1.29 is 0 Å². The fraction of sp³-hybridized carbons (Fsp3) is 0.727. The number of fused-ring (bicyclic) bond motifs is 2. The molecule has 3 nitrogen and oxygen atoms in total. The van der Waals surface area contributed by atoms with Gasteiger partial charge in [-0.25, -0.2) is 4.98 Å². The van der Waals surface area contributed by atoms with E-state index in [1.54, 1.807) is 0 Å². The molecule has 3 rings (SSSR count). The maximum atomic E-state index is 4.61. The maximum Gasteiger partial charge on any atom is 0.115 e. The number of piperidine rings is 1. The summed E-state index contributed by atoms with van der Waals surface area (Å²) in [4.78, 5) is 4.61. The van der Waals surface area contributed by atoms with Crippen molar-refractivity contribution in [1.82, 2.24) is 14.9 Å². The average Bonchev–Trinajstić information content (AvgIpc) is 2.73. The molecule has 0 saturated carbocycles. The number of aromatic nitrogens is 2. The fourth-order valence-corrected chi connectivity index (χ4v) is 2.98. The Kier molecular flexibility index (Phi) is 1.71. The number of hydrogen-bond donors (Lipinski definition) is 1. The molecule has 0 unspecified atom stereocenters. The topological polar surface area (TPSA) is 29.9 Å². The Balaban J connectivity index is 2.03. The molecule has 1 spiro atoms. The zero-order valence-corrected chi connectivity index (χ0v) is 8.71. The number of imidazole rings is 1. The highest BCUT2D eigenvalue weighted by Crippen LogP contribution is 2.41.